The summed E-state index contributed by atoms with van der Waals surface area (Å²) in [4.78, 5) is 2.25. The van der Waals surface area contributed by atoms with Crippen molar-refractivity contribution < 1.29 is 4.74 Å². The second-order valence-electron chi connectivity index (χ2n) is 4.34. The number of aryl methyl sites for hydroxylation is 1. The number of benzene rings is 1. The van der Waals surface area contributed by atoms with E-state index in [0.717, 1.165) is 33.5 Å². The molecular weight excluding hydrogens is 294 g/mol. The smallest absolute Gasteiger partial charge is 0.0629 e. The summed E-state index contributed by atoms with van der Waals surface area (Å²) < 4.78 is 6.82. The maximum absolute atomic E-state index is 6.31. The van der Waals surface area contributed by atoms with E-state index in [1.807, 2.05) is 31.6 Å². The van der Waals surface area contributed by atoms with E-state index in [2.05, 4.69) is 16.5 Å². The number of rotatable bonds is 7. The quantitative estimate of drug-likeness (QED) is 0.798. The molecule has 20 heavy (non-hydrogen) atoms. The summed E-state index contributed by atoms with van der Waals surface area (Å²) in [5.41, 5.74) is 1.11. The van der Waals surface area contributed by atoms with Crippen LogP contribution in [0.2, 0.25) is 5.02 Å². The molecule has 0 aliphatic heterocycles. The molecule has 0 fully saturated rings. The minimum Gasteiger partial charge on any atom is -0.383 e. The molecular formula is C14H18ClN3OS. The van der Waals surface area contributed by atoms with Crippen LogP contribution in [-0.2, 0) is 18.3 Å². The van der Waals surface area contributed by atoms with Gasteiger partial charge in [-0.15, -0.1) is 0 Å². The highest BCUT2D eigenvalue weighted by atomic mass is 35.5. The van der Waals surface area contributed by atoms with Gasteiger partial charge in [0.25, 0.3) is 0 Å². The Morgan fingerprint density at radius 1 is 1.45 bits per heavy atom. The molecule has 0 bridgehead atoms. The molecule has 0 saturated carbocycles. The van der Waals surface area contributed by atoms with E-state index in [1.54, 1.807) is 23.6 Å². The molecule has 1 N–H and O–H groups in total. The number of halogens is 1. The Bertz CT molecular complexity index is 559. The van der Waals surface area contributed by atoms with Gasteiger partial charge in [-0.2, -0.15) is 5.10 Å². The maximum atomic E-state index is 6.31. The van der Waals surface area contributed by atoms with Gasteiger partial charge in [-0.1, -0.05) is 29.4 Å². The van der Waals surface area contributed by atoms with Gasteiger partial charge in [0.2, 0.25) is 0 Å². The van der Waals surface area contributed by atoms with E-state index in [0.29, 0.717) is 6.61 Å². The second-order valence-corrected chi connectivity index (χ2v) is 5.86. The van der Waals surface area contributed by atoms with Crippen LogP contribution in [0.1, 0.15) is 5.56 Å². The first-order valence-electron chi connectivity index (χ1n) is 6.34. The van der Waals surface area contributed by atoms with E-state index in [-0.39, 0.29) is 0 Å². The van der Waals surface area contributed by atoms with E-state index < -0.39 is 0 Å². The minimum absolute atomic E-state index is 0.690. The van der Waals surface area contributed by atoms with Crippen molar-refractivity contribution in [1.82, 2.24) is 15.1 Å². The van der Waals surface area contributed by atoms with Crippen molar-refractivity contribution in [2.24, 2.45) is 7.05 Å². The van der Waals surface area contributed by atoms with Crippen LogP contribution in [0.15, 0.2) is 40.4 Å². The summed E-state index contributed by atoms with van der Waals surface area (Å²) in [6.07, 6.45) is 3.85. The number of ether oxygens (including phenoxy) is 1. The molecule has 0 aliphatic carbocycles. The molecule has 2 aromatic rings. The zero-order chi connectivity index (χ0) is 14.4. The monoisotopic (exact) mass is 311 g/mol. The van der Waals surface area contributed by atoms with Crippen molar-refractivity contribution in [1.29, 1.82) is 0 Å². The zero-order valence-electron chi connectivity index (χ0n) is 11.6. The first-order valence-corrected chi connectivity index (χ1v) is 7.53. The number of aromatic nitrogens is 2. The molecule has 0 aliphatic rings. The Hall–Kier alpha value is -1.01. The van der Waals surface area contributed by atoms with Crippen molar-refractivity contribution >= 4 is 23.4 Å². The first-order chi connectivity index (χ1) is 9.70. The second kappa shape index (κ2) is 7.69. The van der Waals surface area contributed by atoms with E-state index in [1.165, 1.54) is 0 Å². The maximum Gasteiger partial charge on any atom is 0.0629 e. The SMILES string of the molecule is COCCNCc1c(Cl)cccc1Sc1cnn(C)c1. The number of hydrogen-bond acceptors (Lipinski definition) is 4. The molecule has 0 unspecified atom stereocenters. The minimum atomic E-state index is 0.690. The van der Waals surface area contributed by atoms with Crippen LogP contribution in [-0.4, -0.2) is 30.0 Å². The Balaban J connectivity index is 2.09. The van der Waals surface area contributed by atoms with Crippen molar-refractivity contribution in [2.75, 3.05) is 20.3 Å². The molecule has 1 aromatic heterocycles. The average molecular weight is 312 g/mol. The fourth-order valence-electron chi connectivity index (χ4n) is 1.77. The predicted octanol–water partition coefficient (Wildman–Crippen LogP) is 2.96. The van der Waals surface area contributed by atoms with Crippen LogP contribution < -0.4 is 5.32 Å². The molecule has 0 spiro atoms. The van der Waals surface area contributed by atoms with E-state index >= 15 is 0 Å². The van der Waals surface area contributed by atoms with Gasteiger partial charge in [-0.3, -0.25) is 4.68 Å². The van der Waals surface area contributed by atoms with Crippen molar-refractivity contribution in [2.45, 2.75) is 16.3 Å². The summed E-state index contributed by atoms with van der Waals surface area (Å²) in [7, 11) is 3.61. The lowest BCUT2D eigenvalue weighted by Gasteiger charge is -2.11. The number of nitrogens with one attached hydrogen (secondary N) is 1. The fraction of sp³-hybridized carbons (Fsp3) is 0.357. The number of methoxy groups -OCH3 is 1. The summed E-state index contributed by atoms with van der Waals surface area (Å²) >= 11 is 7.98. The molecule has 4 nitrogen and oxygen atoms in total. The van der Waals surface area contributed by atoms with Crippen LogP contribution >= 0.6 is 23.4 Å². The Morgan fingerprint density at radius 2 is 2.30 bits per heavy atom. The average Bonchev–Trinajstić information content (AvgIpc) is 2.83. The van der Waals surface area contributed by atoms with Gasteiger partial charge in [-0.25, -0.2) is 0 Å². The predicted molar refractivity (Wildman–Crippen MR) is 82.4 cm³/mol. The van der Waals surface area contributed by atoms with Crippen molar-refractivity contribution in [3.8, 4) is 0 Å². The van der Waals surface area contributed by atoms with Crippen LogP contribution in [0.5, 0.6) is 0 Å². The van der Waals surface area contributed by atoms with Crippen LogP contribution in [0.4, 0.5) is 0 Å². The summed E-state index contributed by atoms with van der Waals surface area (Å²) in [5.74, 6) is 0. The number of hydrogen-bond donors (Lipinski definition) is 1. The molecule has 1 heterocycles. The lowest BCUT2D eigenvalue weighted by molar-refractivity contribution is 0.199. The van der Waals surface area contributed by atoms with Crippen molar-refractivity contribution in [3.05, 3.63) is 41.2 Å². The number of nitrogens with zero attached hydrogens (tertiary/aromatic N) is 2. The topological polar surface area (TPSA) is 39.1 Å². The molecule has 0 amide bonds. The molecule has 2 rings (SSSR count). The Morgan fingerprint density at radius 3 is 3.00 bits per heavy atom. The molecule has 0 saturated heterocycles. The molecule has 1 aromatic carbocycles. The van der Waals surface area contributed by atoms with Crippen molar-refractivity contribution in [3.63, 3.8) is 0 Å². The van der Waals surface area contributed by atoms with Gasteiger partial charge in [0.1, 0.15) is 0 Å². The highest BCUT2D eigenvalue weighted by Gasteiger charge is 2.09. The standard InChI is InChI=1S/C14H18ClN3OS/c1-18-10-11(8-17-18)20-14-5-3-4-13(15)12(14)9-16-6-7-19-2/h3-5,8,10,16H,6-7,9H2,1-2H3. The van der Waals surface area contributed by atoms with Crippen LogP contribution in [0.25, 0.3) is 0 Å². The largest absolute Gasteiger partial charge is 0.383 e. The molecule has 108 valence electrons. The van der Waals surface area contributed by atoms with Crippen LogP contribution in [0, 0.1) is 0 Å². The third-order valence-corrected chi connectivity index (χ3v) is 4.17. The van der Waals surface area contributed by atoms with E-state index in [4.69, 9.17) is 16.3 Å². The van der Waals surface area contributed by atoms with Gasteiger partial charge in [-0.05, 0) is 17.7 Å². The van der Waals surface area contributed by atoms with Gasteiger partial charge in [0.05, 0.1) is 17.7 Å². The van der Waals surface area contributed by atoms with Gasteiger partial charge in [0, 0.05) is 43.4 Å². The molecule has 0 atom stereocenters. The Labute approximate surface area is 128 Å². The lowest BCUT2D eigenvalue weighted by Crippen LogP contribution is -2.19. The van der Waals surface area contributed by atoms with E-state index in [9.17, 15) is 0 Å². The highest BCUT2D eigenvalue weighted by molar-refractivity contribution is 7.99. The molecule has 6 heteroatoms. The normalized spacial score (nSPS) is 10.9. The third-order valence-electron chi connectivity index (χ3n) is 2.77. The van der Waals surface area contributed by atoms with Gasteiger partial charge in [0.15, 0.2) is 0 Å². The third kappa shape index (κ3) is 4.24. The first kappa shape index (κ1) is 15.4. The van der Waals surface area contributed by atoms with Gasteiger partial charge < -0.3 is 10.1 Å². The fourth-order valence-corrected chi connectivity index (χ4v) is 3.08. The summed E-state index contributed by atoms with van der Waals surface area (Å²) in [5, 5.41) is 8.29. The molecule has 0 radical (unpaired) electrons. The summed E-state index contributed by atoms with van der Waals surface area (Å²) in [6.45, 7) is 2.22. The highest BCUT2D eigenvalue weighted by Crippen LogP contribution is 2.33. The van der Waals surface area contributed by atoms with Crippen LogP contribution in [0.3, 0.4) is 0 Å². The lowest BCUT2D eigenvalue weighted by atomic mass is 10.2. The Kier molecular flexibility index (Phi) is 5.91. The zero-order valence-corrected chi connectivity index (χ0v) is 13.2. The summed E-state index contributed by atoms with van der Waals surface area (Å²) in [6, 6.07) is 5.97. The van der Waals surface area contributed by atoms with Gasteiger partial charge >= 0.3 is 0 Å².